The Balaban J connectivity index is 2.20. The van der Waals surface area contributed by atoms with Crippen LogP contribution in [0.1, 0.15) is 5.56 Å². The van der Waals surface area contributed by atoms with Gasteiger partial charge in [-0.05, 0) is 64.8 Å². The molecule has 138 valence electrons. The molecule has 1 N–H and O–H groups in total. The number of hydrogen-bond donors (Lipinski definition) is 1. The lowest BCUT2D eigenvalue weighted by atomic mass is 10.2. The Morgan fingerprint density at radius 1 is 1.27 bits per heavy atom. The van der Waals surface area contributed by atoms with Gasteiger partial charge in [0.25, 0.3) is 0 Å². The molecule has 0 aliphatic rings. The van der Waals surface area contributed by atoms with Gasteiger partial charge in [-0.3, -0.25) is 4.79 Å². The third-order valence-corrected chi connectivity index (χ3v) is 6.24. The molecule has 0 aliphatic heterocycles. The Bertz CT molecular complexity index is 915. The Hall–Kier alpha value is -1.67. The molecule has 0 fully saturated rings. The van der Waals surface area contributed by atoms with Crippen LogP contribution in [-0.2, 0) is 14.8 Å². The summed E-state index contributed by atoms with van der Waals surface area (Å²) < 4.78 is 27.3. The zero-order valence-electron chi connectivity index (χ0n) is 14.1. The SMILES string of the molecule is C=CCN(CC(=O)Nc1ccc(C)cc1Br)S(=O)(=O)c1ccc(Cl)cc1. The molecule has 1 amide bonds. The van der Waals surface area contributed by atoms with Gasteiger partial charge in [0, 0.05) is 16.0 Å². The highest BCUT2D eigenvalue weighted by Crippen LogP contribution is 2.24. The van der Waals surface area contributed by atoms with Gasteiger partial charge in [-0.25, -0.2) is 8.42 Å². The molecule has 0 saturated carbocycles. The summed E-state index contributed by atoms with van der Waals surface area (Å²) in [4.78, 5) is 12.4. The van der Waals surface area contributed by atoms with Crippen molar-refractivity contribution in [3.63, 3.8) is 0 Å². The van der Waals surface area contributed by atoms with E-state index in [0.29, 0.717) is 10.7 Å². The second kappa shape index (κ2) is 8.81. The van der Waals surface area contributed by atoms with Gasteiger partial charge in [0.15, 0.2) is 0 Å². The number of benzene rings is 2. The molecule has 5 nitrogen and oxygen atoms in total. The van der Waals surface area contributed by atoms with Crippen LogP contribution in [0.2, 0.25) is 5.02 Å². The lowest BCUT2D eigenvalue weighted by Gasteiger charge is -2.20. The first kappa shape index (κ1) is 20.6. The smallest absolute Gasteiger partial charge is 0.243 e. The van der Waals surface area contributed by atoms with E-state index >= 15 is 0 Å². The third-order valence-electron chi connectivity index (χ3n) is 3.50. The van der Waals surface area contributed by atoms with E-state index in [1.165, 1.54) is 30.3 Å². The van der Waals surface area contributed by atoms with Crippen molar-refractivity contribution in [2.45, 2.75) is 11.8 Å². The maximum Gasteiger partial charge on any atom is 0.243 e. The van der Waals surface area contributed by atoms with E-state index in [1.54, 1.807) is 6.07 Å². The van der Waals surface area contributed by atoms with Crippen molar-refractivity contribution < 1.29 is 13.2 Å². The molecular formula is C18H18BrClN2O3S. The molecule has 26 heavy (non-hydrogen) atoms. The first-order chi connectivity index (χ1) is 12.2. The average molecular weight is 458 g/mol. The second-order valence-electron chi connectivity index (χ2n) is 5.57. The molecule has 0 saturated heterocycles. The van der Waals surface area contributed by atoms with Crippen molar-refractivity contribution in [1.29, 1.82) is 0 Å². The zero-order valence-corrected chi connectivity index (χ0v) is 17.2. The number of rotatable bonds is 7. The van der Waals surface area contributed by atoms with Crippen molar-refractivity contribution >= 4 is 49.1 Å². The van der Waals surface area contributed by atoms with Gasteiger partial charge in [0.05, 0.1) is 17.1 Å². The molecule has 2 aromatic carbocycles. The van der Waals surface area contributed by atoms with E-state index in [2.05, 4.69) is 27.8 Å². The first-order valence-electron chi connectivity index (χ1n) is 7.66. The second-order valence-corrected chi connectivity index (χ2v) is 8.80. The fourth-order valence-corrected chi connectivity index (χ4v) is 4.30. The molecular weight excluding hydrogens is 440 g/mol. The van der Waals surface area contributed by atoms with E-state index in [0.717, 1.165) is 14.3 Å². The summed E-state index contributed by atoms with van der Waals surface area (Å²) in [6.07, 6.45) is 1.43. The van der Waals surface area contributed by atoms with Gasteiger partial charge in [-0.2, -0.15) is 4.31 Å². The number of carbonyl (C=O) groups is 1. The first-order valence-corrected chi connectivity index (χ1v) is 10.3. The molecule has 0 unspecified atom stereocenters. The van der Waals surface area contributed by atoms with E-state index in [4.69, 9.17) is 11.6 Å². The number of hydrogen-bond acceptors (Lipinski definition) is 3. The van der Waals surface area contributed by atoms with Gasteiger partial charge in [0.2, 0.25) is 15.9 Å². The van der Waals surface area contributed by atoms with Crippen LogP contribution < -0.4 is 5.32 Å². The highest BCUT2D eigenvalue weighted by Gasteiger charge is 2.25. The molecule has 0 atom stereocenters. The van der Waals surface area contributed by atoms with Gasteiger partial charge >= 0.3 is 0 Å². The molecule has 0 radical (unpaired) electrons. The molecule has 0 spiro atoms. The van der Waals surface area contributed by atoms with Crippen LogP contribution in [0.15, 0.2) is 64.5 Å². The average Bonchev–Trinajstić information content (AvgIpc) is 2.57. The summed E-state index contributed by atoms with van der Waals surface area (Å²) in [6, 6.07) is 11.3. The van der Waals surface area contributed by atoms with Crippen molar-refractivity contribution in [3.8, 4) is 0 Å². The largest absolute Gasteiger partial charge is 0.324 e. The van der Waals surface area contributed by atoms with Crippen LogP contribution in [0, 0.1) is 6.92 Å². The summed E-state index contributed by atoms with van der Waals surface area (Å²) in [5.74, 6) is -0.450. The molecule has 2 aromatic rings. The molecule has 0 heterocycles. The van der Waals surface area contributed by atoms with Crippen LogP contribution in [0.5, 0.6) is 0 Å². The lowest BCUT2D eigenvalue weighted by molar-refractivity contribution is -0.116. The highest BCUT2D eigenvalue weighted by atomic mass is 79.9. The summed E-state index contributed by atoms with van der Waals surface area (Å²) in [7, 11) is -3.85. The monoisotopic (exact) mass is 456 g/mol. The predicted octanol–water partition coefficient (Wildman–Crippen LogP) is 4.23. The van der Waals surface area contributed by atoms with Crippen molar-refractivity contribution in [1.82, 2.24) is 4.31 Å². The Labute approximate surface area is 166 Å². The quantitative estimate of drug-likeness (QED) is 0.633. The van der Waals surface area contributed by atoms with Crippen LogP contribution in [0.3, 0.4) is 0 Å². The highest BCUT2D eigenvalue weighted by molar-refractivity contribution is 9.10. The fourth-order valence-electron chi connectivity index (χ4n) is 2.22. The Kier molecular flexibility index (Phi) is 7.00. The number of anilines is 1. The number of nitrogens with one attached hydrogen (secondary N) is 1. The summed E-state index contributed by atoms with van der Waals surface area (Å²) in [6.45, 7) is 5.17. The normalized spacial score (nSPS) is 11.4. The standard InChI is InChI=1S/C18H18BrClN2O3S/c1-3-10-22(26(24,25)15-7-5-14(20)6-8-15)12-18(23)21-17-9-4-13(2)11-16(17)19/h3-9,11H,1,10,12H2,2H3,(H,21,23). The van der Waals surface area contributed by atoms with Crippen LogP contribution in [0.25, 0.3) is 0 Å². The summed E-state index contributed by atoms with van der Waals surface area (Å²) >= 11 is 9.19. The minimum absolute atomic E-state index is 0.00739. The third kappa shape index (κ3) is 5.17. The maximum absolute atomic E-state index is 12.8. The number of nitrogens with zero attached hydrogens (tertiary/aromatic N) is 1. The van der Waals surface area contributed by atoms with Gasteiger partial charge in [0.1, 0.15) is 0 Å². The zero-order chi connectivity index (χ0) is 19.3. The summed E-state index contributed by atoms with van der Waals surface area (Å²) in [5, 5.41) is 3.14. The predicted molar refractivity (Wildman–Crippen MR) is 108 cm³/mol. The van der Waals surface area contributed by atoms with Crippen molar-refractivity contribution in [3.05, 3.63) is 70.2 Å². The number of carbonyl (C=O) groups excluding carboxylic acids is 1. The van der Waals surface area contributed by atoms with E-state index < -0.39 is 15.9 Å². The molecule has 8 heteroatoms. The number of halogens is 2. The van der Waals surface area contributed by atoms with E-state index in [-0.39, 0.29) is 18.0 Å². The number of amides is 1. The van der Waals surface area contributed by atoms with Crippen LogP contribution >= 0.6 is 27.5 Å². The van der Waals surface area contributed by atoms with E-state index in [9.17, 15) is 13.2 Å². The minimum Gasteiger partial charge on any atom is -0.324 e. The van der Waals surface area contributed by atoms with E-state index in [1.807, 2.05) is 19.1 Å². The van der Waals surface area contributed by atoms with Gasteiger partial charge in [-0.15, -0.1) is 6.58 Å². The Morgan fingerprint density at radius 3 is 2.50 bits per heavy atom. The summed E-state index contributed by atoms with van der Waals surface area (Å²) in [5.41, 5.74) is 1.61. The number of aryl methyl sites for hydroxylation is 1. The molecule has 0 bridgehead atoms. The van der Waals surface area contributed by atoms with Gasteiger partial charge < -0.3 is 5.32 Å². The lowest BCUT2D eigenvalue weighted by Crippen LogP contribution is -2.38. The molecule has 2 rings (SSSR count). The topological polar surface area (TPSA) is 66.5 Å². The number of sulfonamides is 1. The maximum atomic E-state index is 12.8. The van der Waals surface area contributed by atoms with Crippen LogP contribution in [-0.4, -0.2) is 31.7 Å². The fraction of sp³-hybridized carbons (Fsp3) is 0.167. The minimum atomic E-state index is -3.85. The Morgan fingerprint density at radius 2 is 1.92 bits per heavy atom. The molecule has 0 aliphatic carbocycles. The van der Waals surface area contributed by atoms with Gasteiger partial charge in [-0.1, -0.05) is 23.7 Å². The van der Waals surface area contributed by atoms with Crippen molar-refractivity contribution in [2.24, 2.45) is 0 Å². The van der Waals surface area contributed by atoms with Crippen LogP contribution in [0.4, 0.5) is 5.69 Å². The molecule has 0 aromatic heterocycles. The van der Waals surface area contributed by atoms with Crippen molar-refractivity contribution in [2.75, 3.05) is 18.4 Å².